The number of hydrogen-bond acceptors (Lipinski definition) is 1. The predicted molar refractivity (Wildman–Crippen MR) is 69.8 cm³/mol. The van der Waals surface area contributed by atoms with E-state index in [9.17, 15) is 4.39 Å². The van der Waals surface area contributed by atoms with Crippen molar-refractivity contribution < 1.29 is 4.39 Å². The van der Waals surface area contributed by atoms with Gasteiger partial charge in [0.2, 0.25) is 0 Å². The van der Waals surface area contributed by atoms with Crippen molar-refractivity contribution in [2.45, 2.75) is 50.6 Å². The number of benzene rings is 1. The SMILES string of the molecule is Fc1ccc2c(c1)CCC2NC(C1CC1)C1CC1. The van der Waals surface area contributed by atoms with E-state index in [0.29, 0.717) is 6.04 Å². The fourth-order valence-corrected chi connectivity index (χ4v) is 3.56. The molecule has 0 bridgehead atoms. The third kappa shape index (κ3) is 1.97. The van der Waals surface area contributed by atoms with Gasteiger partial charge in [0.15, 0.2) is 0 Å². The molecule has 0 heterocycles. The summed E-state index contributed by atoms with van der Waals surface area (Å²) in [5.74, 6) is 1.78. The number of rotatable bonds is 4. The Morgan fingerprint density at radius 2 is 1.78 bits per heavy atom. The summed E-state index contributed by atoms with van der Waals surface area (Å²) in [7, 11) is 0. The van der Waals surface area contributed by atoms with E-state index in [4.69, 9.17) is 0 Å². The van der Waals surface area contributed by atoms with E-state index in [2.05, 4.69) is 5.32 Å². The van der Waals surface area contributed by atoms with Crippen molar-refractivity contribution in [1.29, 1.82) is 0 Å². The zero-order valence-corrected chi connectivity index (χ0v) is 10.7. The molecule has 3 aliphatic carbocycles. The molecule has 0 radical (unpaired) electrons. The van der Waals surface area contributed by atoms with Crippen LogP contribution in [0.4, 0.5) is 4.39 Å². The summed E-state index contributed by atoms with van der Waals surface area (Å²) in [4.78, 5) is 0. The van der Waals surface area contributed by atoms with E-state index in [0.717, 1.165) is 30.7 Å². The van der Waals surface area contributed by atoms with Crippen LogP contribution in [-0.2, 0) is 6.42 Å². The van der Waals surface area contributed by atoms with E-state index in [1.165, 1.54) is 36.8 Å². The third-order valence-corrected chi connectivity index (χ3v) is 4.84. The van der Waals surface area contributed by atoms with Crippen molar-refractivity contribution in [2.24, 2.45) is 11.8 Å². The average Bonchev–Trinajstić information content (AvgIpc) is 3.24. The van der Waals surface area contributed by atoms with Crippen LogP contribution < -0.4 is 5.32 Å². The lowest BCUT2D eigenvalue weighted by Gasteiger charge is -2.23. The topological polar surface area (TPSA) is 12.0 Å². The van der Waals surface area contributed by atoms with Crippen LogP contribution in [0.5, 0.6) is 0 Å². The highest BCUT2D eigenvalue weighted by Crippen LogP contribution is 2.46. The van der Waals surface area contributed by atoms with Crippen LogP contribution in [0.2, 0.25) is 0 Å². The van der Waals surface area contributed by atoms with Gasteiger partial charge in [0, 0.05) is 12.1 Å². The Bertz CT molecular complexity index is 450. The first-order valence-electron chi connectivity index (χ1n) is 7.35. The number of halogens is 1. The zero-order chi connectivity index (χ0) is 12.1. The Morgan fingerprint density at radius 3 is 2.44 bits per heavy atom. The van der Waals surface area contributed by atoms with Crippen molar-refractivity contribution in [3.8, 4) is 0 Å². The molecule has 1 nitrogen and oxygen atoms in total. The molecule has 0 amide bonds. The van der Waals surface area contributed by atoms with Gasteiger partial charge in [0.25, 0.3) is 0 Å². The Morgan fingerprint density at radius 1 is 1.06 bits per heavy atom. The average molecular weight is 245 g/mol. The summed E-state index contributed by atoms with van der Waals surface area (Å²) in [6.07, 6.45) is 7.84. The lowest BCUT2D eigenvalue weighted by Crippen LogP contribution is -2.35. The minimum absolute atomic E-state index is 0.0877. The van der Waals surface area contributed by atoms with E-state index in [1.807, 2.05) is 6.07 Å². The van der Waals surface area contributed by atoms with Crippen LogP contribution in [0.3, 0.4) is 0 Å². The maximum atomic E-state index is 13.2. The first-order chi connectivity index (χ1) is 8.81. The van der Waals surface area contributed by atoms with Crippen LogP contribution in [-0.4, -0.2) is 6.04 Å². The summed E-state index contributed by atoms with van der Waals surface area (Å²) < 4.78 is 13.2. The molecule has 0 spiro atoms. The summed E-state index contributed by atoms with van der Waals surface area (Å²) in [6, 6.07) is 6.55. The van der Waals surface area contributed by atoms with Crippen LogP contribution in [0, 0.1) is 17.7 Å². The maximum absolute atomic E-state index is 13.2. The van der Waals surface area contributed by atoms with Gasteiger partial charge in [0.05, 0.1) is 0 Å². The molecule has 2 saturated carbocycles. The molecule has 1 aromatic rings. The standard InChI is InChI=1S/C16H20FN/c17-13-6-7-14-12(9-13)5-8-15(14)18-16(10-1-2-10)11-3-4-11/h6-7,9-11,15-16,18H,1-5,8H2. The number of aryl methyl sites for hydroxylation is 1. The smallest absolute Gasteiger partial charge is 0.123 e. The monoisotopic (exact) mass is 245 g/mol. The first-order valence-corrected chi connectivity index (χ1v) is 7.35. The van der Waals surface area contributed by atoms with Gasteiger partial charge < -0.3 is 5.32 Å². The summed E-state index contributed by atoms with van der Waals surface area (Å²) in [5, 5.41) is 3.89. The van der Waals surface area contributed by atoms with Gasteiger partial charge in [-0.15, -0.1) is 0 Å². The normalized spacial score (nSPS) is 26.7. The van der Waals surface area contributed by atoms with Gasteiger partial charge in [-0.25, -0.2) is 4.39 Å². The summed E-state index contributed by atoms with van der Waals surface area (Å²) in [6.45, 7) is 0. The molecule has 0 saturated heterocycles. The lowest BCUT2D eigenvalue weighted by atomic mass is 10.0. The van der Waals surface area contributed by atoms with Gasteiger partial charge in [0.1, 0.15) is 5.82 Å². The van der Waals surface area contributed by atoms with E-state index in [1.54, 1.807) is 12.1 Å². The van der Waals surface area contributed by atoms with Crippen molar-refractivity contribution in [1.82, 2.24) is 5.32 Å². The van der Waals surface area contributed by atoms with E-state index >= 15 is 0 Å². The Labute approximate surface area is 108 Å². The molecule has 1 N–H and O–H groups in total. The van der Waals surface area contributed by atoms with Crippen LogP contribution in [0.1, 0.15) is 49.3 Å². The van der Waals surface area contributed by atoms with Gasteiger partial charge in [-0.1, -0.05) is 6.07 Å². The number of fused-ring (bicyclic) bond motifs is 1. The number of nitrogens with one attached hydrogen (secondary N) is 1. The Balaban J connectivity index is 1.53. The molecule has 18 heavy (non-hydrogen) atoms. The van der Waals surface area contributed by atoms with Crippen molar-refractivity contribution in [3.05, 3.63) is 35.1 Å². The predicted octanol–water partition coefficient (Wildman–Crippen LogP) is 3.59. The molecule has 2 fully saturated rings. The first kappa shape index (κ1) is 11.0. The van der Waals surface area contributed by atoms with Crippen LogP contribution >= 0.6 is 0 Å². The lowest BCUT2D eigenvalue weighted by molar-refractivity contribution is 0.364. The van der Waals surface area contributed by atoms with Gasteiger partial charge in [-0.2, -0.15) is 0 Å². The second-order valence-corrected chi connectivity index (χ2v) is 6.30. The summed E-state index contributed by atoms with van der Waals surface area (Å²) in [5.41, 5.74) is 2.57. The van der Waals surface area contributed by atoms with E-state index in [-0.39, 0.29) is 5.82 Å². The molecule has 1 atom stereocenters. The second kappa shape index (κ2) is 4.06. The molecule has 4 rings (SSSR count). The number of hydrogen-bond donors (Lipinski definition) is 1. The summed E-state index contributed by atoms with van der Waals surface area (Å²) >= 11 is 0. The van der Waals surface area contributed by atoms with Gasteiger partial charge in [-0.3, -0.25) is 0 Å². The van der Waals surface area contributed by atoms with Crippen molar-refractivity contribution >= 4 is 0 Å². The fraction of sp³-hybridized carbons (Fsp3) is 0.625. The molecule has 96 valence electrons. The third-order valence-electron chi connectivity index (χ3n) is 4.84. The molecule has 3 aliphatic rings. The van der Waals surface area contributed by atoms with Crippen molar-refractivity contribution in [3.63, 3.8) is 0 Å². The zero-order valence-electron chi connectivity index (χ0n) is 10.7. The fourth-order valence-electron chi connectivity index (χ4n) is 3.56. The molecule has 0 aliphatic heterocycles. The van der Waals surface area contributed by atoms with Gasteiger partial charge in [-0.05, 0) is 73.6 Å². The molecule has 0 aromatic heterocycles. The largest absolute Gasteiger partial charge is 0.307 e. The minimum Gasteiger partial charge on any atom is -0.307 e. The Hall–Kier alpha value is -0.890. The van der Waals surface area contributed by atoms with Gasteiger partial charge >= 0.3 is 0 Å². The molecular weight excluding hydrogens is 225 g/mol. The second-order valence-electron chi connectivity index (χ2n) is 6.30. The van der Waals surface area contributed by atoms with Crippen LogP contribution in [0.25, 0.3) is 0 Å². The van der Waals surface area contributed by atoms with E-state index < -0.39 is 0 Å². The highest BCUT2D eigenvalue weighted by Gasteiger charge is 2.42. The molecule has 1 aromatic carbocycles. The molecule has 2 heteroatoms. The minimum atomic E-state index is -0.0877. The van der Waals surface area contributed by atoms with Crippen LogP contribution in [0.15, 0.2) is 18.2 Å². The molecular formula is C16H20FN. The molecule has 1 unspecified atom stereocenters. The quantitative estimate of drug-likeness (QED) is 0.854. The highest BCUT2D eigenvalue weighted by molar-refractivity contribution is 5.35. The Kier molecular flexibility index (Phi) is 2.47. The van der Waals surface area contributed by atoms with Crippen molar-refractivity contribution in [2.75, 3.05) is 0 Å². The highest BCUT2D eigenvalue weighted by atomic mass is 19.1. The maximum Gasteiger partial charge on any atom is 0.123 e.